The zero-order valence-corrected chi connectivity index (χ0v) is 8.09. The summed E-state index contributed by atoms with van der Waals surface area (Å²) in [6.45, 7) is 0. The molecular weight excluding hydrogens is 211 g/mol. The van der Waals surface area contributed by atoms with Crippen molar-refractivity contribution in [2.45, 2.75) is 0 Å². The lowest BCUT2D eigenvalue weighted by Crippen LogP contribution is -2.15. The molecule has 0 aliphatic carbocycles. The van der Waals surface area contributed by atoms with Gasteiger partial charge in [-0.05, 0) is 12.1 Å². The molecule has 16 heavy (non-hydrogen) atoms. The van der Waals surface area contributed by atoms with Crippen LogP contribution >= 0.6 is 0 Å². The molecule has 2 aromatic rings. The zero-order valence-electron chi connectivity index (χ0n) is 8.09. The predicted molar refractivity (Wildman–Crippen MR) is 54.2 cm³/mol. The molecule has 0 aliphatic rings. The molecule has 0 spiro atoms. The molecule has 5 nitrogen and oxygen atoms in total. The van der Waals surface area contributed by atoms with E-state index < -0.39 is 11.9 Å². The third-order valence-corrected chi connectivity index (χ3v) is 1.75. The quantitative estimate of drug-likeness (QED) is 0.770. The highest BCUT2D eigenvalue weighted by molar-refractivity contribution is 6.02. The van der Waals surface area contributed by atoms with Crippen LogP contribution in [0.1, 0.15) is 10.5 Å². The number of nitrogens with one attached hydrogen (secondary N) is 1. The van der Waals surface area contributed by atoms with Crippen LogP contribution in [0.5, 0.6) is 0 Å². The molecule has 0 atom stereocenters. The number of pyridine rings is 1. The van der Waals surface area contributed by atoms with Gasteiger partial charge in [0.1, 0.15) is 5.69 Å². The van der Waals surface area contributed by atoms with E-state index in [4.69, 9.17) is 0 Å². The van der Waals surface area contributed by atoms with E-state index in [9.17, 15) is 9.18 Å². The molecule has 2 heterocycles. The van der Waals surface area contributed by atoms with Gasteiger partial charge in [0.2, 0.25) is 5.95 Å². The Bertz CT molecular complexity index is 503. The molecule has 0 fully saturated rings. The average Bonchev–Trinajstić information content (AvgIpc) is 2.30. The van der Waals surface area contributed by atoms with Gasteiger partial charge in [0.25, 0.3) is 5.91 Å². The fourth-order valence-corrected chi connectivity index (χ4v) is 1.08. The standard InChI is InChI=1S/C10H7FN4O/c11-8-3-1-2-7(14-8)10(16)15-9-6-12-4-5-13-9/h1-6H,(H,13,15,16). The molecule has 0 saturated carbocycles. The van der Waals surface area contributed by atoms with Crippen molar-refractivity contribution in [2.75, 3.05) is 5.32 Å². The van der Waals surface area contributed by atoms with Gasteiger partial charge in [-0.25, -0.2) is 9.97 Å². The first kappa shape index (κ1) is 10.2. The van der Waals surface area contributed by atoms with Crippen LogP contribution in [0.15, 0.2) is 36.8 Å². The number of amides is 1. The van der Waals surface area contributed by atoms with E-state index in [0.717, 1.165) is 0 Å². The number of hydrogen-bond donors (Lipinski definition) is 1. The molecule has 1 amide bonds. The van der Waals surface area contributed by atoms with Crippen molar-refractivity contribution < 1.29 is 9.18 Å². The van der Waals surface area contributed by atoms with Crippen molar-refractivity contribution >= 4 is 11.7 Å². The number of aromatic nitrogens is 3. The minimum atomic E-state index is -0.702. The average molecular weight is 218 g/mol. The molecule has 6 heteroatoms. The molecule has 80 valence electrons. The number of rotatable bonds is 2. The first-order chi connectivity index (χ1) is 7.75. The maximum absolute atomic E-state index is 12.7. The maximum Gasteiger partial charge on any atom is 0.275 e. The number of hydrogen-bond acceptors (Lipinski definition) is 4. The topological polar surface area (TPSA) is 67.8 Å². The molecule has 2 rings (SSSR count). The van der Waals surface area contributed by atoms with Crippen LogP contribution in [0.4, 0.5) is 10.2 Å². The van der Waals surface area contributed by atoms with Crippen LogP contribution in [-0.2, 0) is 0 Å². The maximum atomic E-state index is 12.7. The highest BCUT2D eigenvalue weighted by atomic mass is 19.1. The number of anilines is 1. The fraction of sp³-hybridized carbons (Fsp3) is 0. The summed E-state index contributed by atoms with van der Waals surface area (Å²) in [5.74, 6) is -0.939. The Kier molecular flexibility index (Phi) is 2.81. The third kappa shape index (κ3) is 2.35. The van der Waals surface area contributed by atoms with Gasteiger partial charge in [-0.1, -0.05) is 6.07 Å². The van der Waals surface area contributed by atoms with E-state index in [2.05, 4.69) is 20.3 Å². The summed E-state index contributed by atoms with van der Waals surface area (Å²) in [5, 5.41) is 2.44. The number of nitrogens with zero attached hydrogens (tertiary/aromatic N) is 3. The van der Waals surface area contributed by atoms with Crippen molar-refractivity contribution in [2.24, 2.45) is 0 Å². The first-order valence-corrected chi connectivity index (χ1v) is 4.45. The molecule has 0 bridgehead atoms. The van der Waals surface area contributed by atoms with Gasteiger partial charge in [0.05, 0.1) is 6.20 Å². The molecule has 1 N–H and O–H groups in total. The van der Waals surface area contributed by atoms with Gasteiger partial charge in [-0.15, -0.1) is 0 Å². The van der Waals surface area contributed by atoms with Gasteiger partial charge >= 0.3 is 0 Å². The van der Waals surface area contributed by atoms with E-state index >= 15 is 0 Å². The SMILES string of the molecule is O=C(Nc1cnccn1)c1cccc(F)n1. The van der Waals surface area contributed by atoms with Crippen LogP contribution in [-0.4, -0.2) is 20.9 Å². The summed E-state index contributed by atoms with van der Waals surface area (Å²) in [5.41, 5.74) is -0.00865. The van der Waals surface area contributed by atoms with Crippen molar-refractivity contribution in [1.29, 1.82) is 0 Å². The van der Waals surface area contributed by atoms with E-state index in [-0.39, 0.29) is 5.69 Å². The summed E-state index contributed by atoms with van der Waals surface area (Å²) in [7, 11) is 0. The number of halogens is 1. The number of carbonyl (C=O) groups excluding carboxylic acids is 1. The summed E-state index contributed by atoms with van der Waals surface area (Å²) < 4.78 is 12.7. The monoisotopic (exact) mass is 218 g/mol. The minimum absolute atomic E-state index is 0.00865. The van der Waals surface area contributed by atoms with Crippen LogP contribution in [0, 0.1) is 5.95 Å². The van der Waals surface area contributed by atoms with Gasteiger partial charge in [-0.2, -0.15) is 4.39 Å². The fourth-order valence-electron chi connectivity index (χ4n) is 1.08. The molecule has 0 radical (unpaired) electrons. The molecular formula is C10H7FN4O. The van der Waals surface area contributed by atoms with Crippen LogP contribution in [0.2, 0.25) is 0 Å². The zero-order chi connectivity index (χ0) is 11.4. The largest absolute Gasteiger partial charge is 0.304 e. The highest BCUT2D eigenvalue weighted by Crippen LogP contribution is 2.03. The lowest BCUT2D eigenvalue weighted by molar-refractivity contribution is 0.102. The molecule has 0 aromatic carbocycles. The van der Waals surface area contributed by atoms with Crippen molar-refractivity contribution in [1.82, 2.24) is 15.0 Å². The second-order valence-corrected chi connectivity index (χ2v) is 2.89. The van der Waals surface area contributed by atoms with Gasteiger partial charge in [0, 0.05) is 12.4 Å². The highest BCUT2D eigenvalue weighted by Gasteiger charge is 2.08. The van der Waals surface area contributed by atoms with Crippen molar-refractivity contribution in [3.63, 3.8) is 0 Å². The normalized spacial score (nSPS) is 9.81. The van der Waals surface area contributed by atoms with Crippen LogP contribution in [0.25, 0.3) is 0 Å². The Hall–Kier alpha value is -2.37. The van der Waals surface area contributed by atoms with Crippen LogP contribution in [0.3, 0.4) is 0 Å². The first-order valence-electron chi connectivity index (χ1n) is 4.45. The summed E-state index contributed by atoms with van der Waals surface area (Å²) in [6, 6.07) is 3.99. The Labute approximate surface area is 90.4 Å². The van der Waals surface area contributed by atoms with Gasteiger partial charge < -0.3 is 5.32 Å². The summed E-state index contributed by atoms with van der Waals surface area (Å²) in [6.07, 6.45) is 4.31. The van der Waals surface area contributed by atoms with Crippen molar-refractivity contribution in [3.05, 3.63) is 48.4 Å². The second kappa shape index (κ2) is 4.43. The lowest BCUT2D eigenvalue weighted by Gasteiger charge is -2.02. The summed E-state index contributed by atoms with van der Waals surface area (Å²) in [4.78, 5) is 22.6. The number of carbonyl (C=O) groups is 1. The molecule has 2 aromatic heterocycles. The van der Waals surface area contributed by atoms with Crippen LogP contribution < -0.4 is 5.32 Å². The summed E-state index contributed by atoms with van der Waals surface area (Å²) >= 11 is 0. The lowest BCUT2D eigenvalue weighted by atomic mass is 10.3. The van der Waals surface area contributed by atoms with Crippen molar-refractivity contribution in [3.8, 4) is 0 Å². The van der Waals surface area contributed by atoms with E-state index in [0.29, 0.717) is 5.82 Å². The van der Waals surface area contributed by atoms with Gasteiger partial charge in [0.15, 0.2) is 5.82 Å². The smallest absolute Gasteiger partial charge is 0.275 e. The Morgan fingerprint density at radius 3 is 2.88 bits per heavy atom. The Morgan fingerprint density at radius 2 is 2.19 bits per heavy atom. The third-order valence-electron chi connectivity index (χ3n) is 1.75. The predicted octanol–water partition coefficient (Wildman–Crippen LogP) is 1.26. The second-order valence-electron chi connectivity index (χ2n) is 2.89. The Balaban J connectivity index is 2.15. The molecule has 0 saturated heterocycles. The molecule has 0 unspecified atom stereocenters. The Morgan fingerprint density at radius 1 is 1.31 bits per heavy atom. The minimum Gasteiger partial charge on any atom is -0.304 e. The van der Waals surface area contributed by atoms with Gasteiger partial charge in [-0.3, -0.25) is 9.78 Å². The van der Waals surface area contributed by atoms with E-state index in [1.807, 2.05) is 0 Å². The van der Waals surface area contributed by atoms with E-state index in [1.54, 1.807) is 0 Å². The van der Waals surface area contributed by atoms with E-state index in [1.165, 1.54) is 36.8 Å². The molecule has 0 aliphatic heterocycles.